The van der Waals surface area contributed by atoms with Gasteiger partial charge in [0.15, 0.2) is 9.84 Å². The van der Waals surface area contributed by atoms with Gasteiger partial charge in [-0.25, -0.2) is 18.3 Å². The minimum absolute atomic E-state index is 0.136. The standard InChI is InChI=1S/C8H11BrN2O4S2/c9-7-1-3-8(4-2-7)16(12,13)6-5-11-17(10,14)15/h1-4,11H,5-6H2,(H2,10,14,15). The van der Waals surface area contributed by atoms with Gasteiger partial charge < -0.3 is 0 Å². The van der Waals surface area contributed by atoms with E-state index in [-0.39, 0.29) is 17.2 Å². The van der Waals surface area contributed by atoms with E-state index in [1.165, 1.54) is 12.1 Å². The molecule has 9 heteroatoms. The Morgan fingerprint density at radius 3 is 2.12 bits per heavy atom. The van der Waals surface area contributed by atoms with E-state index in [1.54, 1.807) is 12.1 Å². The molecule has 0 unspecified atom stereocenters. The second-order valence-corrected chi connectivity index (χ2v) is 7.62. The topological polar surface area (TPSA) is 106 Å². The van der Waals surface area contributed by atoms with Crippen molar-refractivity contribution < 1.29 is 16.8 Å². The summed E-state index contributed by atoms with van der Waals surface area (Å²) in [5, 5.41) is 4.68. The number of nitrogens with two attached hydrogens (primary N) is 1. The summed E-state index contributed by atoms with van der Waals surface area (Å²) in [6.07, 6.45) is 0. The molecular formula is C8H11BrN2O4S2. The maximum atomic E-state index is 11.7. The van der Waals surface area contributed by atoms with E-state index < -0.39 is 20.0 Å². The number of hydrogen-bond donors (Lipinski definition) is 2. The fraction of sp³-hybridized carbons (Fsp3) is 0.250. The van der Waals surface area contributed by atoms with Crippen LogP contribution in [0.2, 0.25) is 0 Å². The monoisotopic (exact) mass is 342 g/mol. The lowest BCUT2D eigenvalue weighted by Crippen LogP contribution is -2.34. The van der Waals surface area contributed by atoms with Gasteiger partial charge in [0.05, 0.1) is 10.6 Å². The number of rotatable bonds is 5. The highest BCUT2D eigenvalue weighted by Gasteiger charge is 2.14. The Hall–Kier alpha value is -0.480. The van der Waals surface area contributed by atoms with E-state index in [9.17, 15) is 16.8 Å². The molecule has 0 bridgehead atoms. The van der Waals surface area contributed by atoms with Gasteiger partial charge in [0, 0.05) is 11.0 Å². The quantitative estimate of drug-likeness (QED) is 0.786. The van der Waals surface area contributed by atoms with E-state index in [0.717, 1.165) is 4.47 Å². The van der Waals surface area contributed by atoms with Crippen molar-refractivity contribution in [2.45, 2.75) is 4.90 Å². The van der Waals surface area contributed by atoms with Crippen molar-refractivity contribution >= 4 is 36.0 Å². The molecule has 3 N–H and O–H groups in total. The molecule has 6 nitrogen and oxygen atoms in total. The zero-order valence-corrected chi connectivity index (χ0v) is 11.8. The molecule has 0 amide bonds. The number of benzene rings is 1. The van der Waals surface area contributed by atoms with Crippen LogP contribution in [0.4, 0.5) is 0 Å². The molecule has 0 saturated carbocycles. The summed E-state index contributed by atoms with van der Waals surface area (Å²) in [4.78, 5) is 0.136. The summed E-state index contributed by atoms with van der Waals surface area (Å²) in [7, 11) is -7.36. The highest BCUT2D eigenvalue weighted by atomic mass is 79.9. The molecule has 1 aromatic rings. The summed E-state index contributed by atoms with van der Waals surface area (Å²) in [5.41, 5.74) is 0. The van der Waals surface area contributed by atoms with Crippen LogP contribution in [-0.2, 0) is 20.0 Å². The highest BCUT2D eigenvalue weighted by molar-refractivity contribution is 9.10. The molecule has 96 valence electrons. The van der Waals surface area contributed by atoms with Crippen molar-refractivity contribution in [3.63, 3.8) is 0 Å². The minimum Gasteiger partial charge on any atom is -0.224 e. The zero-order chi connectivity index (χ0) is 13.1. The van der Waals surface area contributed by atoms with Crippen molar-refractivity contribution in [3.05, 3.63) is 28.7 Å². The van der Waals surface area contributed by atoms with E-state index in [1.807, 2.05) is 4.72 Å². The van der Waals surface area contributed by atoms with Crippen LogP contribution in [0.5, 0.6) is 0 Å². The first kappa shape index (κ1) is 14.6. The predicted molar refractivity (Wildman–Crippen MR) is 67.3 cm³/mol. The summed E-state index contributed by atoms with van der Waals surface area (Å²) >= 11 is 3.19. The van der Waals surface area contributed by atoms with Gasteiger partial charge in [-0.15, -0.1) is 0 Å². The van der Waals surface area contributed by atoms with Gasteiger partial charge in [-0.2, -0.15) is 8.42 Å². The first-order valence-electron chi connectivity index (χ1n) is 4.46. The Bertz CT molecular complexity index is 580. The lowest BCUT2D eigenvalue weighted by Gasteiger charge is -2.04. The zero-order valence-electron chi connectivity index (χ0n) is 8.63. The molecule has 1 rings (SSSR count). The van der Waals surface area contributed by atoms with Gasteiger partial charge in [-0.1, -0.05) is 15.9 Å². The molecule has 0 aliphatic rings. The number of sulfone groups is 1. The third-order valence-electron chi connectivity index (χ3n) is 1.85. The molecule has 0 saturated heterocycles. The molecule has 0 aromatic heterocycles. The van der Waals surface area contributed by atoms with Crippen LogP contribution in [-0.4, -0.2) is 29.1 Å². The summed E-state index contributed by atoms with van der Waals surface area (Å²) in [5.74, 6) is -0.342. The normalized spacial score (nSPS) is 12.6. The molecular weight excluding hydrogens is 332 g/mol. The fourth-order valence-corrected chi connectivity index (χ4v) is 3.02. The molecule has 0 fully saturated rings. The van der Waals surface area contributed by atoms with E-state index in [4.69, 9.17) is 0 Å². The third kappa shape index (κ3) is 5.13. The van der Waals surface area contributed by atoms with Gasteiger partial charge in [0.1, 0.15) is 0 Å². The van der Waals surface area contributed by atoms with Crippen LogP contribution in [0.1, 0.15) is 0 Å². The average molecular weight is 343 g/mol. The highest BCUT2D eigenvalue weighted by Crippen LogP contribution is 2.15. The summed E-state index contributed by atoms with van der Waals surface area (Å²) in [6, 6.07) is 6.08. The van der Waals surface area contributed by atoms with Crippen molar-refractivity contribution in [3.8, 4) is 0 Å². The molecule has 0 heterocycles. The lowest BCUT2D eigenvalue weighted by atomic mass is 10.4. The van der Waals surface area contributed by atoms with Gasteiger partial charge in [-0.3, -0.25) is 0 Å². The number of halogens is 1. The predicted octanol–water partition coefficient (Wildman–Crippen LogP) is 0.0159. The number of hydrogen-bond acceptors (Lipinski definition) is 4. The van der Waals surface area contributed by atoms with Crippen LogP contribution in [0.25, 0.3) is 0 Å². The molecule has 0 atom stereocenters. The lowest BCUT2D eigenvalue weighted by molar-refractivity contribution is 0.582. The maximum absolute atomic E-state index is 11.7. The Balaban J connectivity index is 2.73. The van der Waals surface area contributed by atoms with Crippen LogP contribution in [0.15, 0.2) is 33.6 Å². The van der Waals surface area contributed by atoms with Crippen LogP contribution < -0.4 is 9.86 Å². The Labute approximate surface area is 108 Å². The van der Waals surface area contributed by atoms with Crippen molar-refractivity contribution in [2.24, 2.45) is 5.14 Å². The van der Waals surface area contributed by atoms with Crippen molar-refractivity contribution in [1.29, 1.82) is 0 Å². The summed E-state index contributed by atoms with van der Waals surface area (Å²) < 4.78 is 47.3. The fourth-order valence-electron chi connectivity index (χ4n) is 1.08. The Morgan fingerprint density at radius 1 is 1.12 bits per heavy atom. The number of nitrogens with one attached hydrogen (secondary N) is 1. The second kappa shape index (κ2) is 5.44. The Kier molecular flexibility index (Phi) is 4.67. The van der Waals surface area contributed by atoms with Crippen LogP contribution >= 0.6 is 15.9 Å². The molecule has 0 spiro atoms. The van der Waals surface area contributed by atoms with E-state index in [0.29, 0.717) is 0 Å². The molecule has 0 aliphatic carbocycles. The average Bonchev–Trinajstić information content (AvgIpc) is 2.15. The van der Waals surface area contributed by atoms with Crippen LogP contribution in [0, 0.1) is 0 Å². The molecule has 0 aliphatic heterocycles. The first-order chi connectivity index (χ1) is 7.71. The van der Waals surface area contributed by atoms with Crippen molar-refractivity contribution in [2.75, 3.05) is 12.3 Å². The van der Waals surface area contributed by atoms with Crippen LogP contribution in [0.3, 0.4) is 0 Å². The van der Waals surface area contributed by atoms with E-state index in [2.05, 4.69) is 21.1 Å². The maximum Gasteiger partial charge on any atom is 0.274 e. The van der Waals surface area contributed by atoms with Crippen molar-refractivity contribution in [1.82, 2.24) is 4.72 Å². The third-order valence-corrected chi connectivity index (χ3v) is 4.71. The molecule has 0 radical (unpaired) electrons. The second-order valence-electron chi connectivity index (χ2n) is 3.21. The van der Waals surface area contributed by atoms with Gasteiger partial charge in [0.25, 0.3) is 10.2 Å². The molecule has 17 heavy (non-hydrogen) atoms. The van der Waals surface area contributed by atoms with Gasteiger partial charge in [0.2, 0.25) is 0 Å². The van der Waals surface area contributed by atoms with Gasteiger partial charge >= 0.3 is 0 Å². The smallest absolute Gasteiger partial charge is 0.224 e. The Morgan fingerprint density at radius 2 is 1.65 bits per heavy atom. The molecule has 1 aromatic carbocycles. The van der Waals surface area contributed by atoms with E-state index >= 15 is 0 Å². The van der Waals surface area contributed by atoms with Gasteiger partial charge in [-0.05, 0) is 24.3 Å². The largest absolute Gasteiger partial charge is 0.274 e. The first-order valence-corrected chi connectivity index (χ1v) is 8.45. The minimum atomic E-state index is -3.86. The SMILES string of the molecule is NS(=O)(=O)NCCS(=O)(=O)c1ccc(Br)cc1. The summed E-state index contributed by atoms with van der Waals surface area (Å²) in [6.45, 7) is -0.253.